The lowest BCUT2D eigenvalue weighted by molar-refractivity contribution is -0.113. The molecule has 5 aromatic carbocycles. The summed E-state index contributed by atoms with van der Waals surface area (Å²) < 4.78 is 43.1. The van der Waals surface area contributed by atoms with Gasteiger partial charge in [-0.1, -0.05) is 79.2 Å². The number of benzene rings is 5. The summed E-state index contributed by atoms with van der Waals surface area (Å²) in [7, 11) is -2.55. The van der Waals surface area contributed by atoms with E-state index in [1.165, 1.54) is 0 Å². The van der Waals surface area contributed by atoms with Crippen LogP contribution in [0.5, 0.6) is 0 Å². The van der Waals surface area contributed by atoms with E-state index in [9.17, 15) is 18.0 Å². The molecule has 0 bridgehead atoms. The largest absolute Gasteiger partial charge is 0.371 e. The van der Waals surface area contributed by atoms with Crippen molar-refractivity contribution >= 4 is 68.3 Å². The van der Waals surface area contributed by atoms with Crippen molar-refractivity contribution in [3.8, 4) is 22.3 Å². The van der Waals surface area contributed by atoms with Crippen molar-refractivity contribution in [2.24, 2.45) is 11.8 Å². The molecule has 16 heteroatoms. The van der Waals surface area contributed by atoms with Gasteiger partial charge in [0.1, 0.15) is 6.79 Å². The lowest BCUT2D eigenvalue weighted by Gasteiger charge is -2.31. The Kier molecular flexibility index (Phi) is 22.7. The smallest absolute Gasteiger partial charge is 0.251 e. The average molecular weight is 1200 g/mol. The summed E-state index contributed by atoms with van der Waals surface area (Å²) in [6, 6.07) is 34.4. The van der Waals surface area contributed by atoms with Gasteiger partial charge in [-0.25, -0.2) is 9.97 Å². The summed E-state index contributed by atoms with van der Waals surface area (Å²) >= 11 is 0. The number of imidazole rings is 2. The summed E-state index contributed by atoms with van der Waals surface area (Å²) in [6.07, 6.45) is 18.0. The second kappa shape index (κ2) is 30.9. The second-order valence-electron chi connectivity index (χ2n) is 23.5. The van der Waals surface area contributed by atoms with E-state index in [-0.39, 0.29) is 18.6 Å². The topological polar surface area (TPSA) is 153 Å². The number of rotatable bonds is 27. The third-order valence-electron chi connectivity index (χ3n) is 15.6. The Bertz CT molecular complexity index is 3530. The number of aromatic nitrogens is 4. The van der Waals surface area contributed by atoms with Gasteiger partial charge in [0.2, 0.25) is 0 Å². The summed E-state index contributed by atoms with van der Waals surface area (Å²) in [5.74, 6) is 1.26. The number of amides is 2. The van der Waals surface area contributed by atoms with E-state index in [2.05, 4.69) is 155 Å². The fourth-order valence-electron chi connectivity index (χ4n) is 11.3. The zero-order valence-corrected chi connectivity index (χ0v) is 53.0. The van der Waals surface area contributed by atoms with Gasteiger partial charge < -0.3 is 39.0 Å². The Balaban J connectivity index is 1.02. The molecule has 9 rings (SSSR count). The molecular weight excluding hydrogens is 1110 g/mol. The molecule has 4 heterocycles. The third kappa shape index (κ3) is 16.8. The van der Waals surface area contributed by atoms with Gasteiger partial charge in [-0.05, 0) is 187 Å². The van der Waals surface area contributed by atoms with Gasteiger partial charge in [0.05, 0.1) is 63.8 Å². The van der Waals surface area contributed by atoms with Crippen molar-refractivity contribution in [2.45, 2.75) is 141 Å². The Hall–Kier alpha value is -7.24. The zero-order chi connectivity index (χ0) is 60.5. The molecule has 86 heavy (non-hydrogen) atoms. The molecule has 2 aliphatic rings. The number of aryl methyl sites for hydroxylation is 2. The van der Waals surface area contributed by atoms with Gasteiger partial charge in [0.15, 0.2) is 0 Å². The first kappa shape index (κ1) is 63.3. The first-order valence-corrected chi connectivity index (χ1v) is 33.5. The van der Waals surface area contributed by atoms with Crippen molar-refractivity contribution < 1.29 is 27.5 Å². The molecule has 454 valence electrons. The van der Waals surface area contributed by atoms with Crippen LogP contribution in [0.15, 0.2) is 149 Å². The number of fused-ring (bicyclic) bond motifs is 2. The minimum Gasteiger partial charge on any atom is -0.371 e. The summed E-state index contributed by atoms with van der Waals surface area (Å²) in [5, 5.41) is 6.33. The molecule has 2 amide bonds. The molecule has 2 aliphatic heterocycles. The predicted molar refractivity (Wildman–Crippen MR) is 352 cm³/mol. The maximum Gasteiger partial charge on any atom is 0.251 e. The van der Waals surface area contributed by atoms with E-state index < -0.39 is 21.6 Å². The van der Waals surface area contributed by atoms with E-state index in [4.69, 9.17) is 9.47 Å². The number of nitrogens with one attached hydrogen (secondary N) is 2. The van der Waals surface area contributed by atoms with Gasteiger partial charge in [0.25, 0.3) is 11.8 Å². The Morgan fingerprint density at radius 1 is 0.581 bits per heavy atom. The highest BCUT2D eigenvalue weighted by Gasteiger charge is 2.24. The van der Waals surface area contributed by atoms with Crippen LogP contribution in [0.1, 0.15) is 128 Å². The number of anilines is 4. The predicted octanol–water partition coefficient (Wildman–Crippen LogP) is 14.7. The normalized spacial score (nSPS) is 15.5. The number of hydrogen-bond acceptors (Lipinski definition) is 10. The third-order valence-corrected chi connectivity index (χ3v) is 18.3. The number of nitrogens with zero attached hydrogens (tertiary/aromatic N) is 6. The molecule has 14 nitrogen and oxygen atoms in total. The zero-order valence-electron chi connectivity index (χ0n) is 51.3. The average Bonchev–Trinajstić information content (AvgIpc) is 1.81. The fraction of sp³-hybridized carbons (Fsp3) is 0.400. The highest BCUT2D eigenvalue weighted by molar-refractivity contribution is 7.84. The van der Waals surface area contributed by atoms with E-state index in [0.717, 1.165) is 140 Å². The quantitative estimate of drug-likeness (QED) is 0.0376. The number of unbranched alkanes of at least 4 members (excludes halogenated alkanes) is 1. The molecule has 0 spiro atoms. The molecule has 2 unspecified atom stereocenters. The number of hydrogen-bond donors (Lipinski definition) is 2. The molecule has 0 saturated heterocycles. The van der Waals surface area contributed by atoms with Gasteiger partial charge in [-0.2, -0.15) is 0 Å². The summed E-state index contributed by atoms with van der Waals surface area (Å²) in [4.78, 5) is 43.5. The molecule has 2 N–H and O–H groups in total. The highest BCUT2D eigenvalue weighted by atomic mass is 32.2. The second-order valence-corrected chi connectivity index (χ2v) is 26.4. The first-order chi connectivity index (χ1) is 41.8. The van der Waals surface area contributed by atoms with Gasteiger partial charge in [0, 0.05) is 102 Å². The fourth-order valence-corrected chi connectivity index (χ4v) is 13.5. The van der Waals surface area contributed by atoms with Crippen molar-refractivity contribution in [1.82, 2.24) is 19.1 Å². The van der Waals surface area contributed by atoms with E-state index in [0.29, 0.717) is 81.7 Å². The number of ether oxygens (including phenoxy) is 2. The van der Waals surface area contributed by atoms with E-state index >= 15 is 0 Å². The molecule has 2 aromatic heterocycles. The maximum absolute atomic E-state index is 14.4. The molecule has 0 saturated carbocycles. The van der Waals surface area contributed by atoms with Crippen molar-refractivity contribution in [3.05, 3.63) is 167 Å². The molecule has 7 aromatic rings. The van der Waals surface area contributed by atoms with Gasteiger partial charge >= 0.3 is 0 Å². The monoisotopic (exact) mass is 1200 g/mol. The summed E-state index contributed by atoms with van der Waals surface area (Å²) in [5.41, 5.74) is 13.7. The van der Waals surface area contributed by atoms with Crippen molar-refractivity contribution in [2.75, 3.05) is 60.0 Å². The minimum absolute atomic E-state index is 0.159. The summed E-state index contributed by atoms with van der Waals surface area (Å²) in [6.45, 7) is 21.5. The molecule has 0 fully saturated rings. The van der Waals surface area contributed by atoms with Crippen LogP contribution in [0, 0.1) is 11.8 Å². The molecular formula is C70H86N8O6S2. The van der Waals surface area contributed by atoms with Crippen LogP contribution in [-0.2, 0) is 71.9 Å². The van der Waals surface area contributed by atoms with Crippen LogP contribution in [0.25, 0.3) is 34.4 Å². The Labute approximate surface area is 514 Å². The van der Waals surface area contributed by atoms with Crippen LogP contribution in [0.2, 0.25) is 0 Å². The lowest BCUT2D eigenvalue weighted by atomic mass is 9.91. The Morgan fingerprint density at radius 3 is 1.55 bits per heavy atom. The minimum atomic E-state index is -1.27. The van der Waals surface area contributed by atoms with Crippen LogP contribution in [0.4, 0.5) is 22.7 Å². The van der Waals surface area contributed by atoms with Crippen LogP contribution >= 0.6 is 0 Å². The standard InChI is InChI=1S/C70H86N8O6S2/c1-8-11-34-83-49-84-44-57-17-16-53(52-18-28-67-58(35-52)37-55(14-12-32-75(67)42-50(4)5)69(79)73-60-20-24-64(25-21-60)85(81)45-62-40-71-47-77(62)30-9-2)39-66(57)54-19-29-68-59(36-54)38-56(15-13-33-76(68)43-51(6)7)70(80)74-61-22-26-65(27-23-61)86(82)46-63-41-72-48-78(63)31-10-3/h16-29,35-41,47-48,50-51H,8-15,30-34,42-46,49H2,1-7H3,(H,73,79)(H,74,80)/b55-37+,56-38+. The maximum atomic E-state index is 14.4. The van der Waals surface area contributed by atoms with Crippen molar-refractivity contribution in [3.63, 3.8) is 0 Å². The number of carbonyl (C=O) groups excluding carboxylic acids is 2. The van der Waals surface area contributed by atoms with E-state index in [1.807, 2.05) is 48.5 Å². The number of carbonyl (C=O) groups is 2. The first-order valence-electron chi connectivity index (χ1n) is 30.8. The van der Waals surface area contributed by atoms with Crippen LogP contribution < -0.4 is 20.4 Å². The molecule has 0 radical (unpaired) electrons. The van der Waals surface area contributed by atoms with Crippen LogP contribution in [-0.4, -0.2) is 78.9 Å². The molecule has 0 aliphatic carbocycles. The highest BCUT2D eigenvalue weighted by Crippen LogP contribution is 2.39. The SMILES string of the molecule is CCCCOCOCc1ccc(-c2ccc3c(c2)/C=C(/C(=O)Nc2ccc(S(=O)Cc4cncn4CCC)cc2)CCCN3CC(C)C)cc1-c1ccc2c(c1)/C=C(/C(=O)Nc1ccc(S(=O)Cc3cncn3CCC)cc1)CCCN2CC(C)C. The van der Waals surface area contributed by atoms with Crippen LogP contribution in [0.3, 0.4) is 0 Å². The van der Waals surface area contributed by atoms with Crippen molar-refractivity contribution in [1.29, 1.82) is 0 Å². The Morgan fingerprint density at radius 2 is 1.06 bits per heavy atom. The lowest BCUT2D eigenvalue weighted by Crippen LogP contribution is -2.30. The van der Waals surface area contributed by atoms with Gasteiger partial charge in [-0.3, -0.25) is 18.0 Å². The van der Waals surface area contributed by atoms with E-state index in [1.54, 1.807) is 25.0 Å². The van der Waals surface area contributed by atoms with Gasteiger partial charge in [-0.15, -0.1) is 0 Å². The molecule has 2 atom stereocenters.